The highest BCUT2D eigenvalue weighted by Gasteiger charge is 2.21. The van der Waals surface area contributed by atoms with Crippen LogP contribution in [-0.2, 0) is 16.6 Å². The first-order valence-corrected chi connectivity index (χ1v) is 8.41. The fourth-order valence-electron chi connectivity index (χ4n) is 1.84. The van der Waals surface area contributed by atoms with Crippen molar-refractivity contribution in [2.24, 2.45) is 0 Å². The minimum Gasteiger partial charge on any atom is -0.207 e. The lowest BCUT2D eigenvalue weighted by Crippen LogP contribution is -2.26. The molecule has 0 aliphatic carbocycles. The zero-order valence-electron chi connectivity index (χ0n) is 11.4. The van der Waals surface area contributed by atoms with Crippen LogP contribution >= 0.6 is 15.9 Å². The van der Waals surface area contributed by atoms with Crippen molar-refractivity contribution in [2.45, 2.75) is 18.4 Å². The van der Waals surface area contributed by atoms with Gasteiger partial charge < -0.3 is 0 Å². The van der Waals surface area contributed by atoms with Crippen molar-refractivity contribution in [2.75, 3.05) is 7.05 Å². The summed E-state index contributed by atoms with van der Waals surface area (Å²) in [4.78, 5) is 0.317. The first kappa shape index (κ1) is 15.2. The van der Waals surface area contributed by atoms with Gasteiger partial charge in [-0.25, -0.2) is 8.42 Å². The van der Waals surface area contributed by atoms with Crippen molar-refractivity contribution in [3.05, 3.63) is 64.1 Å². The largest absolute Gasteiger partial charge is 0.243 e. The molecule has 0 N–H and O–H groups in total. The molecule has 2 aromatic rings. The average Bonchev–Trinajstić information content (AvgIpc) is 2.41. The Morgan fingerprint density at radius 3 is 2.25 bits per heavy atom. The van der Waals surface area contributed by atoms with Crippen molar-refractivity contribution in [3.8, 4) is 0 Å². The van der Waals surface area contributed by atoms with Gasteiger partial charge in [-0.1, -0.05) is 51.8 Å². The van der Waals surface area contributed by atoms with Crippen LogP contribution in [-0.4, -0.2) is 19.8 Å². The van der Waals surface area contributed by atoms with E-state index in [1.165, 1.54) is 4.31 Å². The molecule has 0 saturated heterocycles. The summed E-state index contributed by atoms with van der Waals surface area (Å²) in [5.74, 6) is 0. The van der Waals surface area contributed by atoms with E-state index in [9.17, 15) is 8.42 Å². The Morgan fingerprint density at radius 1 is 1.05 bits per heavy atom. The molecule has 0 aliphatic heterocycles. The third kappa shape index (κ3) is 3.29. The Kier molecular flexibility index (Phi) is 4.62. The van der Waals surface area contributed by atoms with Crippen molar-refractivity contribution in [1.82, 2.24) is 4.31 Å². The lowest BCUT2D eigenvalue weighted by atomic mass is 10.2. The van der Waals surface area contributed by atoms with Crippen molar-refractivity contribution < 1.29 is 8.42 Å². The van der Waals surface area contributed by atoms with Crippen LogP contribution in [0.25, 0.3) is 0 Å². The van der Waals surface area contributed by atoms with Gasteiger partial charge in [0.1, 0.15) is 0 Å². The van der Waals surface area contributed by atoms with Gasteiger partial charge in [-0.2, -0.15) is 4.31 Å². The van der Waals surface area contributed by atoms with Crippen LogP contribution < -0.4 is 0 Å². The van der Waals surface area contributed by atoms with Gasteiger partial charge in [-0.3, -0.25) is 0 Å². The molecular weight excluding hydrogens is 338 g/mol. The normalized spacial score (nSPS) is 11.8. The maximum atomic E-state index is 12.5. The fraction of sp³-hybridized carbons (Fsp3) is 0.200. The molecule has 2 rings (SSSR count). The number of nitrogens with zero attached hydrogens (tertiary/aromatic N) is 1. The van der Waals surface area contributed by atoms with Gasteiger partial charge in [0.25, 0.3) is 0 Å². The summed E-state index contributed by atoms with van der Waals surface area (Å²) < 4.78 is 27.2. The number of rotatable bonds is 4. The van der Waals surface area contributed by atoms with Gasteiger partial charge in [0, 0.05) is 18.1 Å². The van der Waals surface area contributed by atoms with Crippen molar-refractivity contribution >= 4 is 26.0 Å². The summed E-state index contributed by atoms with van der Waals surface area (Å²) in [6.07, 6.45) is 0. The second kappa shape index (κ2) is 6.08. The van der Waals surface area contributed by atoms with E-state index >= 15 is 0 Å². The van der Waals surface area contributed by atoms with Crippen LogP contribution in [0, 0.1) is 6.92 Å². The quantitative estimate of drug-likeness (QED) is 0.842. The predicted octanol–water partition coefficient (Wildman–Crippen LogP) is 3.58. The monoisotopic (exact) mass is 353 g/mol. The molecule has 0 fully saturated rings. The Hall–Kier alpha value is -1.17. The van der Waals surface area contributed by atoms with E-state index in [0.29, 0.717) is 11.4 Å². The molecule has 0 amide bonds. The second-order valence-corrected chi connectivity index (χ2v) is 7.56. The summed E-state index contributed by atoms with van der Waals surface area (Å²) in [6, 6.07) is 14.5. The third-order valence-corrected chi connectivity index (χ3v) is 5.67. The van der Waals surface area contributed by atoms with Gasteiger partial charge >= 0.3 is 0 Å². The maximum Gasteiger partial charge on any atom is 0.243 e. The summed E-state index contributed by atoms with van der Waals surface area (Å²) >= 11 is 3.44. The van der Waals surface area contributed by atoms with E-state index in [4.69, 9.17) is 0 Å². The zero-order valence-corrected chi connectivity index (χ0v) is 13.8. The standard InChI is InChI=1S/C15H16BrNO2S/c1-12-7-9-14(10-8-12)20(18,19)17(2)11-13-5-3-4-6-15(13)16/h3-10H,11H2,1-2H3. The number of hydrogen-bond acceptors (Lipinski definition) is 2. The molecule has 0 unspecified atom stereocenters. The van der Waals surface area contributed by atoms with Crippen molar-refractivity contribution in [3.63, 3.8) is 0 Å². The van der Waals surface area contributed by atoms with E-state index in [1.54, 1.807) is 31.3 Å². The third-order valence-electron chi connectivity index (χ3n) is 3.08. The summed E-state index contributed by atoms with van der Waals surface area (Å²) in [7, 11) is -1.87. The first-order valence-electron chi connectivity index (χ1n) is 6.17. The lowest BCUT2D eigenvalue weighted by Gasteiger charge is -2.18. The molecule has 0 heterocycles. The lowest BCUT2D eigenvalue weighted by molar-refractivity contribution is 0.466. The van der Waals surface area contributed by atoms with Gasteiger partial charge in [0.2, 0.25) is 10.0 Å². The van der Waals surface area contributed by atoms with Crippen LogP contribution in [0.2, 0.25) is 0 Å². The molecule has 106 valence electrons. The molecule has 5 heteroatoms. The summed E-state index contributed by atoms with van der Waals surface area (Å²) in [6.45, 7) is 2.26. The number of benzene rings is 2. The van der Waals surface area contributed by atoms with Crippen LogP contribution in [0.3, 0.4) is 0 Å². The number of aryl methyl sites for hydroxylation is 1. The predicted molar refractivity (Wildman–Crippen MR) is 84.0 cm³/mol. The van der Waals surface area contributed by atoms with Crippen LogP contribution in [0.4, 0.5) is 0 Å². The average molecular weight is 354 g/mol. The molecule has 0 radical (unpaired) electrons. The fourth-order valence-corrected chi connectivity index (χ4v) is 3.40. The van der Waals surface area contributed by atoms with Gasteiger partial charge in [0.15, 0.2) is 0 Å². The van der Waals surface area contributed by atoms with Crippen LogP contribution in [0.15, 0.2) is 57.9 Å². The minimum absolute atomic E-state index is 0.317. The van der Waals surface area contributed by atoms with Crippen molar-refractivity contribution in [1.29, 1.82) is 0 Å². The zero-order chi connectivity index (χ0) is 14.8. The van der Waals surface area contributed by atoms with E-state index in [0.717, 1.165) is 15.6 Å². The highest BCUT2D eigenvalue weighted by molar-refractivity contribution is 9.10. The summed E-state index contributed by atoms with van der Waals surface area (Å²) in [5, 5.41) is 0. The SMILES string of the molecule is Cc1ccc(S(=O)(=O)N(C)Cc2ccccc2Br)cc1. The van der Waals surface area contributed by atoms with E-state index in [2.05, 4.69) is 15.9 Å². The van der Waals surface area contributed by atoms with Crippen LogP contribution in [0.1, 0.15) is 11.1 Å². The first-order chi connectivity index (χ1) is 9.41. The number of sulfonamides is 1. The highest BCUT2D eigenvalue weighted by Crippen LogP contribution is 2.21. The number of hydrogen-bond donors (Lipinski definition) is 0. The molecular formula is C15H16BrNO2S. The smallest absolute Gasteiger partial charge is 0.207 e. The Morgan fingerprint density at radius 2 is 1.65 bits per heavy atom. The number of halogens is 1. The minimum atomic E-state index is -3.46. The Labute approximate surface area is 128 Å². The van der Waals surface area contributed by atoms with Crippen LogP contribution in [0.5, 0.6) is 0 Å². The van der Waals surface area contributed by atoms with E-state index in [-0.39, 0.29) is 0 Å². The molecule has 0 bridgehead atoms. The van der Waals surface area contributed by atoms with Gasteiger partial charge in [0.05, 0.1) is 4.90 Å². The Bertz CT molecular complexity index is 696. The molecule has 3 nitrogen and oxygen atoms in total. The van der Waals surface area contributed by atoms with Gasteiger partial charge in [-0.05, 0) is 30.7 Å². The van der Waals surface area contributed by atoms with E-state index < -0.39 is 10.0 Å². The second-order valence-electron chi connectivity index (χ2n) is 4.67. The molecule has 0 saturated carbocycles. The molecule has 0 spiro atoms. The topological polar surface area (TPSA) is 37.4 Å². The molecule has 0 aliphatic rings. The summed E-state index contributed by atoms with van der Waals surface area (Å²) in [5.41, 5.74) is 1.98. The molecule has 0 aromatic heterocycles. The molecule has 20 heavy (non-hydrogen) atoms. The highest BCUT2D eigenvalue weighted by atomic mass is 79.9. The van der Waals surface area contributed by atoms with E-state index in [1.807, 2.05) is 31.2 Å². The van der Waals surface area contributed by atoms with Gasteiger partial charge in [-0.15, -0.1) is 0 Å². The maximum absolute atomic E-state index is 12.5. The molecule has 0 atom stereocenters. The molecule has 2 aromatic carbocycles. The Balaban J connectivity index is 2.26.